The number of hydrogen-bond acceptors (Lipinski definition) is 5. The molecule has 2 rings (SSSR count). The molecule has 0 aliphatic carbocycles. The monoisotopic (exact) mass is 374 g/mol. The van der Waals surface area contributed by atoms with Gasteiger partial charge in [-0.1, -0.05) is 6.92 Å². The molecule has 2 aromatic rings. The summed E-state index contributed by atoms with van der Waals surface area (Å²) in [6.45, 7) is 3.86. The zero-order chi connectivity index (χ0) is 20.1. The number of nitrogens with one attached hydrogen (secondary N) is 1. The Morgan fingerprint density at radius 1 is 1.19 bits per heavy atom. The number of carbonyl (C=O) groups excluding carboxylic acids is 2. The number of hydrogen-bond donors (Lipinski definition) is 2. The Morgan fingerprint density at radius 2 is 1.89 bits per heavy atom. The zero-order valence-corrected chi connectivity index (χ0v) is 15.7. The van der Waals surface area contributed by atoms with Crippen LogP contribution in [0.4, 0.5) is 5.69 Å². The van der Waals surface area contributed by atoms with Crippen molar-refractivity contribution in [3.05, 3.63) is 46.9 Å². The van der Waals surface area contributed by atoms with Crippen LogP contribution in [-0.2, 0) is 6.42 Å². The molecular formula is C19H22N2O6. The van der Waals surface area contributed by atoms with Gasteiger partial charge in [0.05, 0.1) is 12.3 Å². The fraction of sp³-hybridized carbons (Fsp3) is 0.316. The smallest absolute Gasteiger partial charge is 0.339 e. The van der Waals surface area contributed by atoms with Crippen LogP contribution in [0.5, 0.6) is 5.75 Å². The highest BCUT2D eigenvalue weighted by atomic mass is 16.5. The van der Waals surface area contributed by atoms with Crippen molar-refractivity contribution in [2.75, 3.05) is 26.0 Å². The minimum atomic E-state index is -1.16. The summed E-state index contributed by atoms with van der Waals surface area (Å²) in [5.74, 6) is -1.51. The molecule has 0 spiro atoms. The van der Waals surface area contributed by atoms with E-state index in [0.717, 1.165) is 0 Å². The summed E-state index contributed by atoms with van der Waals surface area (Å²) in [5, 5.41) is 11.8. The van der Waals surface area contributed by atoms with Crippen LogP contribution in [0.3, 0.4) is 0 Å². The number of nitrogens with zero attached hydrogens (tertiary/aromatic N) is 1. The van der Waals surface area contributed by atoms with E-state index in [2.05, 4.69) is 5.32 Å². The van der Waals surface area contributed by atoms with E-state index in [4.69, 9.17) is 9.15 Å². The molecule has 0 aliphatic heterocycles. The minimum Gasteiger partial charge on any atom is -0.492 e. The van der Waals surface area contributed by atoms with Crippen molar-refractivity contribution in [1.29, 1.82) is 0 Å². The van der Waals surface area contributed by atoms with Gasteiger partial charge in [-0.25, -0.2) is 4.79 Å². The van der Waals surface area contributed by atoms with Gasteiger partial charge in [-0.3, -0.25) is 9.59 Å². The highest BCUT2D eigenvalue weighted by Gasteiger charge is 2.21. The predicted molar refractivity (Wildman–Crippen MR) is 98.6 cm³/mol. The summed E-state index contributed by atoms with van der Waals surface area (Å²) in [6, 6.07) is 5.87. The van der Waals surface area contributed by atoms with Crippen LogP contribution in [0.25, 0.3) is 0 Å². The van der Waals surface area contributed by atoms with Crippen molar-refractivity contribution in [3.8, 4) is 5.75 Å². The van der Waals surface area contributed by atoms with Gasteiger partial charge in [-0.05, 0) is 25.1 Å². The van der Waals surface area contributed by atoms with Gasteiger partial charge in [0, 0.05) is 32.1 Å². The van der Waals surface area contributed by atoms with E-state index in [1.807, 2.05) is 0 Å². The first kappa shape index (κ1) is 20.0. The number of rotatable bonds is 7. The maximum atomic E-state index is 12.5. The van der Waals surface area contributed by atoms with Gasteiger partial charge in [0.1, 0.15) is 17.1 Å². The minimum absolute atomic E-state index is 0.0420. The zero-order valence-electron chi connectivity index (χ0n) is 15.7. The number of furan rings is 1. The average Bonchev–Trinajstić information content (AvgIpc) is 3.07. The predicted octanol–water partition coefficient (Wildman–Crippen LogP) is 2.89. The number of aromatic carboxylic acids is 1. The van der Waals surface area contributed by atoms with E-state index in [1.165, 1.54) is 11.0 Å². The molecule has 0 saturated heterocycles. The van der Waals surface area contributed by atoms with Crippen molar-refractivity contribution in [2.24, 2.45) is 0 Å². The number of carboxylic acid groups (broad SMARTS) is 1. The van der Waals surface area contributed by atoms with Gasteiger partial charge in [0.2, 0.25) is 0 Å². The Hall–Kier alpha value is -3.29. The van der Waals surface area contributed by atoms with E-state index in [0.29, 0.717) is 30.0 Å². The normalized spacial score (nSPS) is 10.4. The first-order valence-corrected chi connectivity index (χ1v) is 8.44. The van der Waals surface area contributed by atoms with Crippen LogP contribution in [0, 0.1) is 0 Å². The first-order valence-electron chi connectivity index (χ1n) is 8.44. The topological polar surface area (TPSA) is 109 Å². The molecule has 2 N–H and O–H groups in total. The van der Waals surface area contributed by atoms with Crippen LogP contribution in [0.2, 0.25) is 0 Å². The largest absolute Gasteiger partial charge is 0.492 e. The second-order valence-electron chi connectivity index (χ2n) is 5.90. The number of amides is 2. The molecule has 0 radical (unpaired) electrons. The maximum absolute atomic E-state index is 12.5. The quantitative estimate of drug-likeness (QED) is 0.771. The standard InChI is InChI=1S/C19H22N2O6/c1-5-14-12(19(24)25)10-16(27-14)17(22)20-13-8-7-11(18(23)21(3)4)9-15(13)26-6-2/h7-10H,5-6H2,1-4H3,(H,20,22)(H,24,25). The Bertz CT molecular complexity index is 869. The molecule has 8 nitrogen and oxygen atoms in total. The van der Waals surface area contributed by atoms with Crippen LogP contribution in [0.1, 0.15) is 50.9 Å². The van der Waals surface area contributed by atoms with Gasteiger partial charge in [-0.15, -0.1) is 0 Å². The Kier molecular flexibility index (Phi) is 6.23. The molecule has 0 atom stereocenters. The molecule has 0 aliphatic rings. The molecule has 0 fully saturated rings. The molecule has 0 saturated carbocycles. The van der Waals surface area contributed by atoms with Crippen molar-refractivity contribution in [2.45, 2.75) is 20.3 Å². The SMILES string of the molecule is CCOc1cc(C(=O)N(C)C)ccc1NC(=O)c1cc(C(=O)O)c(CC)o1. The summed E-state index contributed by atoms with van der Waals surface area (Å²) < 4.78 is 10.9. The van der Waals surface area contributed by atoms with Crippen LogP contribution in [-0.4, -0.2) is 48.5 Å². The van der Waals surface area contributed by atoms with Crippen molar-refractivity contribution < 1.29 is 28.6 Å². The fourth-order valence-electron chi connectivity index (χ4n) is 2.46. The molecule has 144 valence electrons. The highest BCUT2D eigenvalue weighted by Crippen LogP contribution is 2.28. The van der Waals surface area contributed by atoms with Gasteiger partial charge in [-0.2, -0.15) is 0 Å². The molecular weight excluding hydrogens is 352 g/mol. The molecule has 1 aromatic heterocycles. The lowest BCUT2D eigenvalue weighted by atomic mass is 10.1. The van der Waals surface area contributed by atoms with Crippen LogP contribution < -0.4 is 10.1 Å². The Morgan fingerprint density at radius 3 is 2.41 bits per heavy atom. The molecule has 1 aromatic carbocycles. The molecule has 8 heteroatoms. The summed E-state index contributed by atoms with van der Waals surface area (Å²) >= 11 is 0. The van der Waals surface area contributed by atoms with E-state index in [9.17, 15) is 19.5 Å². The van der Waals surface area contributed by atoms with Crippen molar-refractivity contribution in [1.82, 2.24) is 4.90 Å². The molecule has 2 amide bonds. The Balaban J connectivity index is 2.31. The van der Waals surface area contributed by atoms with E-state index >= 15 is 0 Å². The number of aryl methyl sites for hydroxylation is 1. The third-order valence-corrected chi connectivity index (χ3v) is 3.77. The van der Waals surface area contributed by atoms with Gasteiger partial charge in [0.25, 0.3) is 11.8 Å². The number of anilines is 1. The van der Waals surface area contributed by atoms with Gasteiger partial charge >= 0.3 is 5.97 Å². The fourth-order valence-corrected chi connectivity index (χ4v) is 2.46. The highest BCUT2D eigenvalue weighted by molar-refractivity contribution is 6.05. The number of carboxylic acids is 1. The maximum Gasteiger partial charge on any atom is 0.339 e. The summed E-state index contributed by atoms with van der Waals surface area (Å²) in [5.41, 5.74) is 0.726. The van der Waals surface area contributed by atoms with E-state index in [1.54, 1.807) is 46.1 Å². The summed E-state index contributed by atoms with van der Waals surface area (Å²) in [6.07, 6.45) is 0.348. The first-order chi connectivity index (χ1) is 12.8. The van der Waals surface area contributed by atoms with Crippen molar-refractivity contribution in [3.63, 3.8) is 0 Å². The van der Waals surface area contributed by atoms with Gasteiger partial charge < -0.3 is 24.5 Å². The average molecular weight is 374 g/mol. The van der Waals surface area contributed by atoms with Crippen molar-refractivity contribution >= 4 is 23.5 Å². The Labute approximate surface area is 156 Å². The summed E-state index contributed by atoms with van der Waals surface area (Å²) in [4.78, 5) is 37.2. The number of benzene rings is 1. The third-order valence-electron chi connectivity index (χ3n) is 3.77. The number of ether oxygens (including phenoxy) is 1. The molecule has 1 heterocycles. The molecule has 0 unspecified atom stereocenters. The van der Waals surface area contributed by atoms with E-state index in [-0.39, 0.29) is 23.0 Å². The lowest BCUT2D eigenvalue weighted by Crippen LogP contribution is -2.22. The second-order valence-corrected chi connectivity index (χ2v) is 5.90. The number of carbonyl (C=O) groups is 3. The van der Waals surface area contributed by atoms with Crippen LogP contribution in [0.15, 0.2) is 28.7 Å². The second kappa shape index (κ2) is 8.39. The molecule has 27 heavy (non-hydrogen) atoms. The lowest BCUT2D eigenvalue weighted by molar-refractivity contribution is 0.0693. The summed E-state index contributed by atoms with van der Waals surface area (Å²) in [7, 11) is 3.28. The van der Waals surface area contributed by atoms with Crippen LogP contribution >= 0.6 is 0 Å². The molecule has 0 bridgehead atoms. The third kappa shape index (κ3) is 4.46. The van der Waals surface area contributed by atoms with Gasteiger partial charge in [0.15, 0.2) is 5.76 Å². The lowest BCUT2D eigenvalue weighted by Gasteiger charge is -2.14. The van der Waals surface area contributed by atoms with E-state index < -0.39 is 11.9 Å².